The fourth-order valence-corrected chi connectivity index (χ4v) is 4.92. The van der Waals surface area contributed by atoms with E-state index in [0.717, 1.165) is 84.3 Å². The normalized spacial score (nSPS) is 11.9. The second-order valence-corrected chi connectivity index (χ2v) is 11.1. The molecular weight excluding hydrogens is 434 g/mol. The SMILES string of the molecule is CCCCCCCCCCCCS(=O)(=O)NCCCNCCCNCCCCNCCCN. The van der Waals surface area contributed by atoms with Crippen LogP contribution in [0.4, 0.5) is 0 Å². The number of hydrogen-bond acceptors (Lipinski definition) is 6. The first kappa shape index (κ1) is 32.8. The van der Waals surface area contributed by atoms with E-state index in [1.54, 1.807) is 0 Å². The van der Waals surface area contributed by atoms with Crippen LogP contribution in [-0.4, -0.2) is 66.5 Å². The third-order valence-corrected chi connectivity index (χ3v) is 7.31. The molecule has 0 atom stereocenters. The Kier molecular flexibility index (Phi) is 26.2. The molecule has 200 valence electrons. The largest absolute Gasteiger partial charge is 0.330 e. The summed E-state index contributed by atoms with van der Waals surface area (Å²) in [5.41, 5.74) is 5.46. The highest BCUT2D eigenvalue weighted by Gasteiger charge is 2.08. The van der Waals surface area contributed by atoms with Crippen LogP contribution >= 0.6 is 0 Å². The van der Waals surface area contributed by atoms with Crippen molar-refractivity contribution in [1.82, 2.24) is 20.7 Å². The van der Waals surface area contributed by atoms with E-state index in [1.165, 1.54) is 57.8 Å². The lowest BCUT2D eigenvalue weighted by Crippen LogP contribution is -2.30. The van der Waals surface area contributed by atoms with Crippen LogP contribution in [0.15, 0.2) is 0 Å². The second kappa shape index (κ2) is 26.4. The second-order valence-electron chi connectivity index (χ2n) is 9.20. The van der Waals surface area contributed by atoms with E-state index in [-0.39, 0.29) is 5.75 Å². The fourth-order valence-electron chi connectivity index (χ4n) is 3.73. The molecule has 0 spiro atoms. The van der Waals surface area contributed by atoms with Crippen LogP contribution < -0.4 is 26.4 Å². The average Bonchev–Trinajstić information content (AvgIpc) is 2.80. The number of sulfonamides is 1. The summed E-state index contributed by atoms with van der Waals surface area (Å²) in [5, 5.41) is 10.3. The van der Waals surface area contributed by atoms with Gasteiger partial charge in [0.15, 0.2) is 0 Å². The monoisotopic (exact) mass is 491 g/mol. The van der Waals surface area contributed by atoms with Crippen molar-refractivity contribution in [3.8, 4) is 0 Å². The van der Waals surface area contributed by atoms with E-state index in [0.29, 0.717) is 6.54 Å². The molecule has 0 amide bonds. The summed E-state index contributed by atoms with van der Waals surface area (Å²) in [4.78, 5) is 0. The van der Waals surface area contributed by atoms with Crippen molar-refractivity contribution in [3.05, 3.63) is 0 Å². The van der Waals surface area contributed by atoms with Crippen LogP contribution in [-0.2, 0) is 10.0 Å². The summed E-state index contributed by atoms with van der Waals surface area (Å²) in [6.07, 6.45) is 17.6. The zero-order valence-corrected chi connectivity index (χ0v) is 22.6. The van der Waals surface area contributed by atoms with Gasteiger partial charge in [-0.15, -0.1) is 0 Å². The fraction of sp³-hybridized carbons (Fsp3) is 1.00. The van der Waals surface area contributed by atoms with Gasteiger partial charge in [-0.3, -0.25) is 0 Å². The maximum Gasteiger partial charge on any atom is 0.211 e. The molecule has 0 saturated heterocycles. The van der Waals surface area contributed by atoms with Crippen molar-refractivity contribution in [3.63, 3.8) is 0 Å². The summed E-state index contributed by atoms with van der Waals surface area (Å²) < 4.78 is 26.9. The highest BCUT2D eigenvalue weighted by molar-refractivity contribution is 7.89. The first-order valence-electron chi connectivity index (χ1n) is 13.9. The predicted molar refractivity (Wildman–Crippen MR) is 144 cm³/mol. The highest BCUT2D eigenvalue weighted by Crippen LogP contribution is 2.10. The Hall–Kier alpha value is -0.250. The molecule has 0 aliphatic heterocycles. The molecule has 0 aromatic heterocycles. The number of hydrogen-bond donors (Lipinski definition) is 5. The minimum Gasteiger partial charge on any atom is -0.330 e. The van der Waals surface area contributed by atoms with Crippen LogP contribution in [0.5, 0.6) is 0 Å². The molecule has 33 heavy (non-hydrogen) atoms. The summed E-state index contributed by atoms with van der Waals surface area (Å²) in [6.45, 7) is 9.56. The quantitative estimate of drug-likeness (QED) is 0.107. The maximum absolute atomic E-state index is 12.1. The van der Waals surface area contributed by atoms with E-state index < -0.39 is 10.0 Å². The van der Waals surface area contributed by atoms with E-state index in [2.05, 4.69) is 27.6 Å². The topological polar surface area (TPSA) is 108 Å². The van der Waals surface area contributed by atoms with Crippen molar-refractivity contribution in [2.45, 2.75) is 103 Å². The van der Waals surface area contributed by atoms with Crippen molar-refractivity contribution < 1.29 is 8.42 Å². The van der Waals surface area contributed by atoms with Crippen LogP contribution in [0.3, 0.4) is 0 Å². The standard InChI is InChI=1S/C25H57N5O2S/c1-2-3-4-5-6-7-8-9-10-13-25-33(31,32)30-24-16-23-29-22-15-21-28-19-12-11-18-27-20-14-17-26/h27-30H,2-26H2,1H3. The van der Waals surface area contributed by atoms with Gasteiger partial charge in [-0.25, -0.2) is 13.1 Å². The molecule has 0 aromatic carbocycles. The van der Waals surface area contributed by atoms with Crippen molar-refractivity contribution >= 4 is 10.0 Å². The number of rotatable bonds is 28. The van der Waals surface area contributed by atoms with Crippen LogP contribution in [0.25, 0.3) is 0 Å². The number of unbranched alkanes of at least 4 members (excludes halogenated alkanes) is 10. The van der Waals surface area contributed by atoms with Crippen LogP contribution in [0.2, 0.25) is 0 Å². The Morgan fingerprint density at radius 1 is 0.515 bits per heavy atom. The third kappa shape index (κ3) is 27.9. The van der Waals surface area contributed by atoms with Gasteiger partial charge in [-0.05, 0) is 84.3 Å². The van der Waals surface area contributed by atoms with Gasteiger partial charge in [0.25, 0.3) is 0 Å². The molecular formula is C25H57N5O2S. The summed E-state index contributed by atoms with van der Waals surface area (Å²) in [5.74, 6) is 0.270. The Labute approximate surface area is 206 Å². The first-order chi connectivity index (χ1) is 16.1. The van der Waals surface area contributed by atoms with E-state index in [1.807, 2.05) is 0 Å². The van der Waals surface area contributed by atoms with Crippen LogP contribution in [0, 0.1) is 0 Å². The molecule has 7 nitrogen and oxygen atoms in total. The molecule has 0 unspecified atom stereocenters. The van der Waals surface area contributed by atoms with Gasteiger partial charge < -0.3 is 21.7 Å². The predicted octanol–water partition coefficient (Wildman–Crippen LogP) is 3.50. The average molecular weight is 492 g/mol. The smallest absolute Gasteiger partial charge is 0.211 e. The molecule has 0 aliphatic rings. The van der Waals surface area contributed by atoms with Crippen molar-refractivity contribution in [1.29, 1.82) is 0 Å². The number of nitrogens with two attached hydrogens (primary N) is 1. The Bertz CT molecular complexity index is 477. The van der Waals surface area contributed by atoms with Gasteiger partial charge >= 0.3 is 0 Å². The molecule has 8 heteroatoms. The van der Waals surface area contributed by atoms with Gasteiger partial charge in [-0.2, -0.15) is 0 Å². The molecule has 0 radical (unpaired) electrons. The van der Waals surface area contributed by atoms with Gasteiger partial charge in [0.1, 0.15) is 0 Å². The molecule has 0 fully saturated rings. The molecule has 0 bridgehead atoms. The summed E-state index contributed by atoms with van der Waals surface area (Å²) in [7, 11) is -3.11. The van der Waals surface area contributed by atoms with Gasteiger partial charge in [-0.1, -0.05) is 64.7 Å². The summed E-state index contributed by atoms with van der Waals surface area (Å²) in [6, 6.07) is 0. The van der Waals surface area contributed by atoms with Crippen molar-refractivity contribution in [2.75, 3.05) is 58.1 Å². The van der Waals surface area contributed by atoms with E-state index >= 15 is 0 Å². The lowest BCUT2D eigenvalue weighted by Gasteiger charge is -2.08. The molecule has 6 N–H and O–H groups in total. The first-order valence-corrected chi connectivity index (χ1v) is 15.6. The van der Waals surface area contributed by atoms with Crippen molar-refractivity contribution in [2.24, 2.45) is 5.73 Å². The Balaban J connectivity index is 3.28. The third-order valence-electron chi connectivity index (χ3n) is 5.84. The summed E-state index contributed by atoms with van der Waals surface area (Å²) >= 11 is 0. The molecule has 0 rings (SSSR count). The number of nitrogens with one attached hydrogen (secondary N) is 4. The molecule has 0 aliphatic carbocycles. The van der Waals surface area contributed by atoms with E-state index in [4.69, 9.17) is 5.73 Å². The molecule has 0 saturated carbocycles. The minimum atomic E-state index is -3.11. The minimum absolute atomic E-state index is 0.270. The molecule has 0 aromatic rings. The van der Waals surface area contributed by atoms with Gasteiger partial charge in [0.2, 0.25) is 10.0 Å². The lowest BCUT2D eigenvalue weighted by molar-refractivity contribution is 0.546. The Morgan fingerprint density at radius 3 is 1.45 bits per heavy atom. The maximum atomic E-state index is 12.1. The van der Waals surface area contributed by atoms with E-state index in [9.17, 15) is 8.42 Å². The zero-order chi connectivity index (χ0) is 24.3. The molecule has 0 heterocycles. The zero-order valence-electron chi connectivity index (χ0n) is 21.8. The van der Waals surface area contributed by atoms with Gasteiger partial charge in [0, 0.05) is 6.54 Å². The van der Waals surface area contributed by atoms with Gasteiger partial charge in [0.05, 0.1) is 5.75 Å². The Morgan fingerprint density at radius 2 is 0.939 bits per heavy atom. The van der Waals surface area contributed by atoms with Crippen LogP contribution in [0.1, 0.15) is 103 Å². The lowest BCUT2D eigenvalue weighted by atomic mass is 10.1. The highest BCUT2D eigenvalue weighted by atomic mass is 32.2.